The van der Waals surface area contributed by atoms with Crippen LogP contribution in [0.1, 0.15) is 18.5 Å². The van der Waals surface area contributed by atoms with Crippen molar-refractivity contribution >= 4 is 15.5 Å². The molecular formula is C15H17NO4S. The third kappa shape index (κ3) is 3.66. The van der Waals surface area contributed by atoms with E-state index in [4.69, 9.17) is 0 Å². The number of phenols is 2. The van der Waals surface area contributed by atoms with Gasteiger partial charge in [-0.1, -0.05) is 0 Å². The van der Waals surface area contributed by atoms with Crippen LogP contribution in [-0.2, 0) is 9.84 Å². The van der Waals surface area contributed by atoms with Crippen LogP contribution in [0.5, 0.6) is 11.5 Å². The fraction of sp³-hybridized carbons (Fsp3) is 0.200. The molecule has 2 rings (SSSR count). The summed E-state index contributed by atoms with van der Waals surface area (Å²) >= 11 is 0. The van der Waals surface area contributed by atoms with Crippen LogP contribution in [0, 0.1) is 0 Å². The first kappa shape index (κ1) is 15.2. The molecule has 0 amide bonds. The Morgan fingerprint density at radius 2 is 1.67 bits per heavy atom. The number of rotatable bonds is 4. The molecule has 0 spiro atoms. The van der Waals surface area contributed by atoms with E-state index in [1.807, 2.05) is 6.92 Å². The Morgan fingerprint density at radius 3 is 2.24 bits per heavy atom. The molecule has 3 N–H and O–H groups in total. The highest BCUT2D eigenvalue weighted by Crippen LogP contribution is 2.30. The van der Waals surface area contributed by atoms with Crippen molar-refractivity contribution < 1.29 is 18.6 Å². The summed E-state index contributed by atoms with van der Waals surface area (Å²) in [6.07, 6.45) is 1.16. The third-order valence-electron chi connectivity index (χ3n) is 3.14. The smallest absolute Gasteiger partial charge is 0.175 e. The van der Waals surface area contributed by atoms with Crippen LogP contribution < -0.4 is 5.32 Å². The van der Waals surface area contributed by atoms with Gasteiger partial charge in [-0.05, 0) is 49.4 Å². The first-order chi connectivity index (χ1) is 9.77. The molecule has 0 aliphatic carbocycles. The fourth-order valence-electron chi connectivity index (χ4n) is 2.01. The van der Waals surface area contributed by atoms with Gasteiger partial charge in [0.05, 0.1) is 10.9 Å². The number of anilines is 1. The highest BCUT2D eigenvalue weighted by Gasteiger charge is 2.12. The highest BCUT2D eigenvalue weighted by molar-refractivity contribution is 7.90. The molecule has 0 radical (unpaired) electrons. The van der Waals surface area contributed by atoms with E-state index in [0.717, 1.165) is 11.9 Å². The summed E-state index contributed by atoms with van der Waals surface area (Å²) < 4.78 is 22.8. The molecule has 2 aromatic rings. The summed E-state index contributed by atoms with van der Waals surface area (Å²) in [7, 11) is -3.21. The Kier molecular flexibility index (Phi) is 4.09. The predicted octanol–water partition coefficient (Wildman–Crippen LogP) is 2.67. The molecule has 0 aliphatic rings. The van der Waals surface area contributed by atoms with Crippen LogP contribution in [0.3, 0.4) is 0 Å². The van der Waals surface area contributed by atoms with Gasteiger partial charge in [0.25, 0.3) is 0 Å². The van der Waals surface area contributed by atoms with E-state index in [-0.39, 0.29) is 22.4 Å². The number of benzene rings is 2. The molecule has 0 aliphatic heterocycles. The van der Waals surface area contributed by atoms with Crippen LogP contribution in [0.25, 0.3) is 0 Å². The average molecular weight is 307 g/mol. The summed E-state index contributed by atoms with van der Waals surface area (Å²) in [5.41, 5.74) is 1.28. The van der Waals surface area contributed by atoms with Gasteiger partial charge >= 0.3 is 0 Å². The van der Waals surface area contributed by atoms with Crippen molar-refractivity contribution in [2.75, 3.05) is 11.6 Å². The molecule has 0 bridgehead atoms. The topological polar surface area (TPSA) is 86.6 Å². The van der Waals surface area contributed by atoms with Gasteiger partial charge in [0, 0.05) is 17.5 Å². The molecule has 0 saturated carbocycles. The lowest BCUT2D eigenvalue weighted by Crippen LogP contribution is -2.07. The van der Waals surface area contributed by atoms with E-state index in [0.29, 0.717) is 5.56 Å². The molecule has 21 heavy (non-hydrogen) atoms. The van der Waals surface area contributed by atoms with Gasteiger partial charge in [0.1, 0.15) is 11.5 Å². The Labute approximate surface area is 123 Å². The summed E-state index contributed by atoms with van der Waals surface area (Å²) in [5, 5.41) is 22.4. The van der Waals surface area contributed by atoms with Crippen LogP contribution >= 0.6 is 0 Å². The van der Waals surface area contributed by atoms with Gasteiger partial charge in [0.2, 0.25) is 0 Å². The van der Waals surface area contributed by atoms with Gasteiger partial charge in [-0.25, -0.2) is 8.42 Å². The van der Waals surface area contributed by atoms with Crippen molar-refractivity contribution in [2.45, 2.75) is 17.9 Å². The second kappa shape index (κ2) is 5.65. The summed E-state index contributed by atoms with van der Waals surface area (Å²) in [4.78, 5) is 0.251. The molecule has 2 aromatic carbocycles. The second-order valence-electron chi connectivity index (χ2n) is 4.91. The van der Waals surface area contributed by atoms with Crippen molar-refractivity contribution in [3.05, 3.63) is 48.0 Å². The average Bonchev–Trinajstić information content (AvgIpc) is 2.41. The van der Waals surface area contributed by atoms with Gasteiger partial charge in [-0.15, -0.1) is 0 Å². The maximum Gasteiger partial charge on any atom is 0.175 e. The largest absolute Gasteiger partial charge is 0.508 e. The predicted molar refractivity (Wildman–Crippen MR) is 81.4 cm³/mol. The van der Waals surface area contributed by atoms with Crippen molar-refractivity contribution in [3.8, 4) is 11.5 Å². The lowest BCUT2D eigenvalue weighted by molar-refractivity contribution is 0.451. The molecule has 1 atom stereocenters. The fourth-order valence-corrected chi connectivity index (χ4v) is 2.65. The molecule has 0 heterocycles. The minimum Gasteiger partial charge on any atom is -0.508 e. The second-order valence-corrected chi connectivity index (χ2v) is 6.92. The zero-order valence-electron chi connectivity index (χ0n) is 11.7. The molecule has 112 valence electrons. The van der Waals surface area contributed by atoms with Crippen molar-refractivity contribution in [1.82, 2.24) is 0 Å². The van der Waals surface area contributed by atoms with Crippen LogP contribution in [0.15, 0.2) is 47.4 Å². The van der Waals surface area contributed by atoms with E-state index in [9.17, 15) is 18.6 Å². The summed E-state index contributed by atoms with van der Waals surface area (Å²) in [5.74, 6) is 0.157. The normalized spacial score (nSPS) is 12.9. The van der Waals surface area contributed by atoms with E-state index in [1.54, 1.807) is 12.1 Å². The van der Waals surface area contributed by atoms with E-state index < -0.39 is 9.84 Å². The first-order valence-electron chi connectivity index (χ1n) is 6.36. The zero-order chi connectivity index (χ0) is 15.6. The minimum absolute atomic E-state index is 0.0730. The molecule has 5 nitrogen and oxygen atoms in total. The first-order valence-corrected chi connectivity index (χ1v) is 8.25. The number of hydrogen-bond donors (Lipinski definition) is 3. The number of nitrogens with one attached hydrogen (secondary N) is 1. The van der Waals surface area contributed by atoms with E-state index >= 15 is 0 Å². The Morgan fingerprint density at radius 1 is 1.05 bits per heavy atom. The summed E-state index contributed by atoms with van der Waals surface area (Å²) in [6.45, 7) is 1.83. The molecule has 0 saturated heterocycles. The third-order valence-corrected chi connectivity index (χ3v) is 4.27. The van der Waals surface area contributed by atoms with Gasteiger partial charge < -0.3 is 15.5 Å². The Hall–Kier alpha value is -2.21. The number of aromatic hydroxyl groups is 2. The zero-order valence-corrected chi connectivity index (χ0v) is 12.6. The summed E-state index contributed by atoms with van der Waals surface area (Å²) in [6, 6.07) is 10.4. The molecule has 6 heteroatoms. The Balaban J connectivity index is 2.20. The van der Waals surface area contributed by atoms with E-state index in [2.05, 4.69) is 5.32 Å². The van der Waals surface area contributed by atoms with E-state index in [1.165, 1.54) is 30.3 Å². The quantitative estimate of drug-likeness (QED) is 0.756. The monoisotopic (exact) mass is 307 g/mol. The van der Waals surface area contributed by atoms with Gasteiger partial charge in [-0.3, -0.25) is 0 Å². The maximum absolute atomic E-state index is 11.4. The van der Waals surface area contributed by atoms with Crippen molar-refractivity contribution in [2.24, 2.45) is 0 Å². The Bertz CT molecular complexity index is 739. The van der Waals surface area contributed by atoms with Gasteiger partial charge in [0.15, 0.2) is 9.84 Å². The number of hydrogen-bond acceptors (Lipinski definition) is 5. The lowest BCUT2D eigenvalue weighted by atomic mass is 10.1. The van der Waals surface area contributed by atoms with Crippen molar-refractivity contribution in [3.63, 3.8) is 0 Å². The standard InChI is InChI=1S/C15H17NO4S/c1-10(14-9-12(17)5-8-15(14)18)16-11-3-6-13(7-4-11)21(2,19)20/h3-10,16-18H,1-2H3. The molecule has 0 aromatic heterocycles. The van der Waals surface area contributed by atoms with Crippen LogP contribution in [-0.4, -0.2) is 24.9 Å². The van der Waals surface area contributed by atoms with Gasteiger partial charge in [-0.2, -0.15) is 0 Å². The maximum atomic E-state index is 11.4. The minimum atomic E-state index is -3.21. The lowest BCUT2D eigenvalue weighted by Gasteiger charge is -2.17. The number of sulfone groups is 1. The SMILES string of the molecule is CC(Nc1ccc(S(C)(=O)=O)cc1)c1cc(O)ccc1O. The van der Waals surface area contributed by atoms with Crippen molar-refractivity contribution in [1.29, 1.82) is 0 Å². The van der Waals surface area contributed by atoms with Crippen LogP contribution in [0.4, 0.5) is 5.69 Å². The number of phenolic OH excluding ortho intramolecular Hbond substituents is 2. The molecule has 0 fully saturated rings. The van der Waals surface area contributed by atoms with Crippen LogP contribution in [0.2, 0.25) is 0 Å². The molecule has 1 unspecified atom stereocenters. The molecular weight excluding hydrogens is 290 g/mol. The highest BCUT2D eigenvalue weighted by atomic mass is 32.2.